The highest BCUT2D eigenvalue weighted by atomic mass is 16.5. The molecule has 4 atom stereocenters. The summed E-state index contributed by atoms with van der Waals surface area (Å²) in [5.74, 6) is 6.17. The summed E-state index contributed by atoms with van der Waals surface area (Å²) < 4.78 is 34.1. The molecule has 2 heterocycles. The van der Waals surface area contributed by atoms with Crippen molar-refractivity contribution in [1.29, 1.82) is 0 Å². The molecule has 0 unspecified atom stereocenters. The first-order chi connectivity index (χ1) is 13.7. The summed E-state index contributed by atoms with van der Waals surface area (Å²) in [7, 11) is 6.61. The first-order valence-corrected chi connectivity index (χ1v) is 9.47. The first kappa shape index (κ1) is 17.3. The Balaban J connectivity index is 1.60. The molecule has 0 spiro atoms. The van der Waals surface area contributed by atoms with Crippen molar-refractivity contribution in [1.82, 2.24) is 0 Å². The maximum Gasteiger partial charge on any atom is 0.164 e. The number of methoxy groups -OCH3 is 4. The highest BCUT2D eigenvalue weighted by Gasteiger charge is 2.57. The summed E-state index contributed by atoms with van der Waals surface area (Å²) in [5.41, 5.74) is 2.36. The highest BCUT2D eigenvalue weighted by molar-refractivity contribution is 5.59. The van der Waals surface area contributed by atoms with Crippen LogP contribution in [0, 0.1) is 11.8 Å². The van der Waals surface area contributed by atoms with Crippen molar-refractivity contribution in [2.24, 2.45) is 11.8 Å². The standard InChI is InChI=1S/C22H24O6/c1-23-17-5-11-15(7-19(17)25-3)27-9-13-14-10-28-16-8-20(26-4)18(24-2)6-12(16)22(14)21(11)13/h5-8,13-14,21-22H,9-10H2,1-4H3/t13-,14-,21-,22-/m1/s1. The van der Waals surface area contributed by atoms with E-state index in [4.69, 9.17) is 28.4 Å². The maximum atomic E-state index is 6.08. The van der Waals surface area contributed by atoms with Gasteiger partial charge in [0.05, 0.1) is 41.7 Å². The van der Waals surface area contributed by atoms with Crippen molar-refractivity contribution < 1.29 is 28.4 Å². The average Bonchev–Trinajstić information content (AvgIpc) is 2.73. The number of rotatable bonds is 4. The van der Waals surface area contributed by atoms with E-state index in [-0.39, 0.29) is 0 Å². The lowest BCUT2D eigenvalue weighted by atomic mass is 9.51. The fourth-order valence-corrected chi connectivity index (χ4v) is 5.12. The number of fused-ring (bicyclic) bond motifs is 8. The summed E-state index contributed by atoms with van der Waals surface area (Å²) in [5, 5.41) is 0. The average molecular weight is 384 g/mol. The van der Waals surface area contributed by atoms with E-state index in [0.717, 1.165) is 23.0 Å². The van der Waals surface area contributed by atoms with Crippen LogP contribution in [0.1, 0.15) is 23.0 Å². The van der Waals surface area contributed by atoms with Crippen molar-refractivity contribution in [3.8, 4) is 34.5 Å². The Morgan fingerprint density at radius 2 is 0.964 bits per heavy atom. The molecule has 0 radical (unpaired) electrons. The van der Waals surface area contributed by atoms with Crippen LogP contribution >= 0.6 is 0 Å². The number of hydrogen-bond acceptors (Lipinski definition) is 6. The fourth-order valence-electron chi connectivity index (χ4n) is 5.12. The Morgan fingerprint density at radius 3 is 1.32 bits per heavy atom. The third kappa shape index (κ3) is 2.26. The van der Waals surface area contributed by atoms with Crippen LogP contribution in [0.2, 0.25) is 0 Å². The Kier molecular flexibility index (Phi) is 3.96. The molecule has 2 aromatic carbocycles. The SMILES string of the molecule is COc1cc2c(cc1OC)[C@@H]1[C@H](CO2)[C@H]2COc3cc(OC)c(OC)cc3[C@H]21. The van der Waals surface area contributed by atoms with Crippen LogP contribution in [-0.2, 0) is 0 Å². The van der Waals surface area contributed by atoms with Gasteiger partial charge in [-0.15, -0.1) is 0 Å². The number of hydrogen-bond donors (Lipinski definition) is 0. The van der Waals surface area contributed by atoms with E-state index in [9.17, 15) is 0 Å². The molecule has 28 heavy (non-hydrogen) atoms. The van der Waals surface area contributed by atoms with Crippen LogP contribution in [-0.4, -0.2) is 41.7 Å². The Morgan fingerprint density at radius 1 is 0.607 bits per heavy atom. The van der Waals surface area contributed by atoms with Crippen molar-refractivity contribution in [3.05, 3.63) is 35.4 Å². The Hall–Kier alpha value is -2.76. The van der Waals surface area contributed by atoms with E-state index >= 15 is 0 Å². The van der Waals surface area contributed by atoms with E-state index in [1.807, 2.05) is 12.1 Å². The molecule has 2 aromatic rings. The van der Waals surface area contributed by atoms with Gasteiger partial charge in [0.15, 0.2) is 23.0 Å². The Bertz CT molecular complexity index is 848. The van der Waals surface area contributed by atoms with Crippen molar-refractivity contribution >= 4 is 0 Å². The van der Waals surface area contributed by atoms with Crippen molar-refractivity contribution in [3.63, 3.8) is 0 Å². The van der Waals surface area contributed by atoms with Gasteiger partial charge in [-0.25, -0.2) is 0 Å². The quantitative estimate of drug-likeness (QED) is 0.803. The monoisotopic (exact) mass is 384 g/mol. The molecule has 148 valence electrons. The second-order valence-corrected chi connectivity index (χ2v) is 7.49. The van der Waals surface area contributed by atoms with Gasteiger partial charge in [0.25, 0.3) is 0 Å². The molecule has 0 saturated heterocycles. The van der Waals surface area contributed by atoms with E-state index in [1.54, 1.807) is 28.4 Å². The minimum Gasteiger partial charge on any atom is -0.493 e. The van der Waals surface area contributed by atoms with Gasteiger partial charge in [-0.05, 0) is 12.1 Å². The van der Waals surface area contributed by atoms with Crippen LogP contribution in [0.15, 0.2) is 24.3 Å². The topological polar surface area (TPSA) is 55.4 Å². The molecule has 6 nitrogen and oxygen atoms in total. The van der Waals surface area contributed by atoms with Gasteiger partial charge in [-0.1, -0.05) is 0 Å². The smallest absolute Gasteiger partial charge is 0.164 e. The van der Waals surface area contributed by atoms with Crippen LogP contribution in [0.4, 0.5) is 0 Å². The Labute approximate surface area is 164 Å². The lowest BCUT2D eigenvalue weighted by Crippen LogP contribution is -2.52. The van der Waals surface area contributed by atoms with Gasteiger partial charge in [-0.2, -0.15) is 0 Å². The van der Waals surface area contributed by atoms with Gasteiger partial charge in [0, 0.05) is 46.9 Å². The van der Waals surface area contributed by atoms with Gasteiger partial charge in [-0.3, -0.25) is 0 Å². The molecule has 0 bridgehead atoms. The molecule has 1 saturated carbocycles. The maximum absolute atomic E-state index is 6.08. The van der Waals surface area contributed by atoms with Crippen LogP contribution in [0.25, 0.3) is 0 Å². The predicted molar refractivity (Wildman–Crippen MR) is 103 cm³/mol. The van der Waals surface area contributed by atoms with Crippen LogP contribution < -0.4 is 28.4 Å². The molecule has 0 amide bonds. The zero-order chi connectivity index (χ0) is 19.4. The third-order valence-corrected chi connectivity index (χ3v) is 6.47. The predicted octanol–water partition coefficient (Wildman–Crippen LogP) is 3.62. The van der Waals surface area contributed by atoms with Gasteiger partial charge in [0.1, 0.15) is 11.5 Å². The number of benzene rings is 2. The summed E-state index contributed by atoms with van der Waals surface area (Å²) in [6, 6.07) is 8.01. The highest BCUT2D eigenvalue weighted by Crippen LogP contribution is 2.65. The van der Waals surface area contributed by atoms with Gasteiger partial charge < -0.3 is 28.4 Å². The zero-order valence-corrected chi connectivity index (χ0v) is 16.5. The molecule has 6 heteroatoms. The minimum atomic E-state index is 0.356. The molecular weight excluding hydrogens is 360 g/mol. The lowest BCUT2D eigenvalue weighted by Gasteiger charge is -2.56. The van der Waals surface area contributed by atoms with E-state index in [1.165, 1.54) is 11.1 Å². The van der Waals surface area contributed by atoms with Crippen LogP contribution in [0.3, 0.4) is 0 Å². The van der Waals surface area contributed by atoms with E-state index in [2.05, 4.69) is 12.1 Å². The van der Waals surface area contributed by atoms with Crippen molar-refractivity contribution in [2.75, 3.05) is 41.7 Å². The summed E-state index contributed by atoms with van der Waals surface area (Å²) in [6.45, 7) is 1.39. The molecule has 0 aromatic heterocycles. The first-order valence-electron chi connectivity index (χ1n) is 9.47. The second-order valence-electron chi connectivity index (χ2n) is 7.49. The summed E-state index contributed by atoms with van der Waals surface area (Å²) in [4.78, 5) is 0. The lowest BCUT2D eigenvalue weighted by molar-refractivity contribution is -0.0201. The normalized spacial score (nSPS) is 26.1. The molecular formula is C22H24O6. The molecule has 1 aliphatic carbocycles. The van der Waals surface area contributed by atoms with Gasteiger partial charge in [0.2, 0.25) is 0 Å². The molecule has 5 rings (SSSR count). The molecule has 0 N–H and O–H groups in total. The van der Waals surface area contributed by atoms with E-state index in [0.29, 0.717) is 48.4 Å². The molecule has 1 fully saturated rings. The fraction of sp³-hybridized carbons (Fsp3) is 0.455. The van der Waals surface area contributed by atoms with Gasteiger partial charge >= 0.3 is 0 Å². The molecule has 2 aliphatic heterocycles. The van der Waals surface area contributed by atoms with E-state index < -0.39 is 0 Å². The number of ether oxygens (including phenoxy) is 6. The largest absolute Gasteiger partial charge is 0.493 e. The molecule has 3 aliphatic rings. The second kappa shape index (κ2) is 6.40. The minimum absolute atomic E-state index is 0.356. The van der Waals surface area contributed by atoms with Crippen molar-refractivity contribution in [2.45, 2.75) is 11.8 Å². The van der Waals surface area contributed by atoms with Crippen LogP contribution in [0.5, 0.6) is 34.5 Å². The zero-order valence-electron chi connectivity index (χ0n) is 16.5. The third-order valence-electron chi connectivity index (χ3n) is 6.47. The summed E-state index contributed by atoms with van der Waals surface area (Å²) >= 11 is 0. The summed E-state index contributed by atoms with van der Waals surface area (Å²) in [6.07, 6.45) is 0.